The smallest absolute Gasteiger partial charge is 0.238 e. The van der Waals surface area contributed by atoms with Crippen LogP contribution in [-0.2, 0) is 14.3 Å². The van der Waals surface area contributed by atoms with Gasteiger partial charge < -0.3 is 15.0 Å². The third-order valence-corrected chi connectivity index (χ3v) is 5.77. The molecular formula is C15H24N2O3. The Morgan fingerprint density at radius 3 is 2.35 bits per heavy atom. The largest absolute Gasteiger partial charge is 0.381 e. The lowest BCUT2D eigenvalue weighted by atomic mass is 9.74. The molecule has 1 spiro atoms. The first-order valence-corrected chi connectivity index (χ1v) is 7.67. The molecule has 2 saturated heterocycles. The summed E-state index contributed by atoms with van der Waals surface area (Å²) in [6, 6.07) is 0.223. The lowest BCUT2D eigenvalue weighted by Gasteiger charge is -2.39. The lowest BCUT2D eigenvalue weighted by molar-refractivity contribution is -0.145. The van der Waals surface area contributed by atoms with Gasteiger partial charge in [0, 0.05) is 32.8 Å². The quantitative estimate of drug-likeness (QED) is 0.766. The molecule has 2 aliphatic heterocycles. The number of hydrogen-bond acceptors (Lipinski definition) is 3. The Kier molecular flexibility index (Phi) is 3.27. The summed E-state index contributed by atoms with van der Waals surface area (Å²) in [6.07, 6.45) is 4.51. The van der Waals surface area contributed by atoms with Crippen LogP contribution in [0, 0.1) is 10.8 Å². The second-order valence-corrected chi connectivity index (χ2v) is 6.56. The van der Waals surface area contributed by atoms with Gasteiger partial charge in [-0.2, -0.15) is 0 Å². The fraction of sp³-hybridized carbons (Fsp3) is 0.867. The lowest BCUT2D eigenvalue weighted by Crippen LogP contribution is -2.49. The van der Waals surface area contributed by atoms with Crippen LogP contribution < -0.4 is 5.32 Å². The highest BCUT2D eigenvalue weighted by Crippen LogP contribution is 2.51. The predicted octanol–water partition coefficient (Wildman–Crippen LogP) is 0.930. The van der Waals surface area contributed by atoms with Gasteiger partial charge >= 0.3 is 0 Å². The Hall–Kier alpha value is -1.10. The summed E-state index contributed by atoms with van der Waals surface area (Å²) in [5.74, 6) is -0.0599. The SMILES string of the molecule is CNC(=O)C1(C(=O)N2CCC3(CCOCC3)[C@H]2C)CC1. The second-order valence-electron chi connectivity index (χ2n) is 6.56. The van der Waals surface area contributed by atoms with E-state index in [1.54, 1.807) is 7.05 Å². The molecule has 0 aromatic carbocycles. The van der Waals surface area contributed by atoms with Gasteiger partial charge in [-0.15, -0.1) is 0 Å². The molecule has 0 radical (unpaired) electrons. The Balaban J connectivity index is 1.76. The van der Waals surface area contributed by atoms with Crippen LogP contribution in [0.2, 0.25) is 0 Å². The van der Waals surface area contributed by atoms with Crippen molar-refractivity contribution in [3.8, 4) is 0 Å². The Bertz CT molecular complexity index is 425. The number of nitrogens with zero attached hydrogens (tertiary/aromatic N) is 1. The van der Waals surface area contributed by atoms with E-state index in [-0.39, 0.29) is 23.3 Å². The van der Waals surface area contributed by atoms with Crippen molar-refractivity contribution in [2.45, 2.75) is 45.1 Å². The molecule has 0 aromatic heterocycles. The summed E-state index contributed by atoms with van der Waals surface area (Å²) < 4.78 is 5.47. The van der Waals surface area contributed by atoms with E-state index in [1.807, 2.05) is 4.90 Å². The molecule has 3 fully saturated rings. The summed E-state index contributed by atoms with van der Waals surface area (Å²) in [5, 5.41) is 2.65. The van der Waals surface area contributed by atoms with Crippen molar-refractivity contribution in [3.63, 3.8) is 0 Å². The van der Waals surface area contributed by atoms with Crippen LogP contribution in [-0.4, -0.2) is 49.6 Å². The summed E-state index contributed by atoms with van der Waals surface area (Å²) in [4.78, 5) is 26.8. The van der Waals surface area contributed by atoms with Crippen LogP contribution in [0.5, 0.6) is 0 Å². The molecule has 5 nitrogen and oxygen atoms in total. The minimum absolute atomic E-state index is 0.0488. The Morgan fingerprint density at radius 1 is 1.15 bits per heavy atom. The number of ether oxygens (including phenoxy) is 1. The third-order valence-electron chi connectivity index (χ3n) is 5.77. The maximum absolute atomic E-state index is 12.8. The van der Waals surface area contributed by atoms with Gasteiger partial charge in [0.1, 0.15) is 5.41 Å². The van der Waals surface area contributed by atoms with E-state index in [9.17, 15) is 9.59 Å². The number of hydrogen-bond donors (Lipinski definition) is 1. The fourth-order valence-electron chi connectivity index (χ4n) is 3.98. The van der Waals surface area contributed by atoms with Crippen molar-refractivity contribution >= 4 is 11.8 Å². The monoisotopic (exact) mass is 280 g/mol. The topological polar surface area (TPSA) is 58.6 Å². The first kappa shape index (κ1) is 13.9. The normalized spacial score (nSPS) is 30.3. The minimum atomic E-state index is -0.750. The van der Waals surface area contributed by atoms with E-state index in [2.05, 4.69) is 12.2 Å². The molecule has 1 atom stereocenters. The average molecular weight is 280 g/mol. The van der Waals surface area contributed by atoms with E-state index >= 15 is 0 Å². The molecule has 1 saturated carbocycles. The molecule has 112 valence electrons. The number of rotatable bonds is 2. The van der Waals surface area contributed by atoms with Crippen molar-refractivity contribution in [1.82, 2.24) is 10.2 Å². The van der Waals surface area contributed by atoms with E-state index in [1.165, 1.54) is 0 Å². The Morgan fingerprint density at radius 2 is 1.80 bits per heavy atom. The van der Waals surface area contributed by atoms with Gasteiger partial charge in [0.2, 0.25) is 11.8 Å². The van der Waals surface area contributed by atoms with Crippen molar-refractivity contribution in [3.05, 3.63) is 0 Å². The average Bonchev–Trinajstić information content (AvgIpc) is 3.23. The van der Waals surface area contributed by atoms with Gasteiger partial charge in [0.05, 0.1) is 0 Å². The molecular weight excluding hydrogens is 256 g/mol. The van der Waals surface area contributed by atoms with E-state index in [4.69, 9.17) is 4.74 Å². The highest BCUT2D eigenvalue weighted by atomic mass is 16.5. The van der Waals surface area contributed by atoms with E-state index in [0.717, 1.165) is 39.0 Å². The first-order valence-electron chi connectivity index (χ1n) is 7.67. The number of nitrogens with one attached hydrogen (secondary N) is 1. The highest BCUT2D eigenvalue weighted by molar-refractivity contribution is 6.07. The maximum atomic E-state index is 12.8. The van der Waals surface area contributed by atoms with Crippen LogP contribution in [0.4, 0.5) is 0 Å². The molecule has 5 heteroatoms. The van der Waals surface area contributed by atoms with Gasteiger partial charge in [-0.1, -0.05) is 0 Å². The minimum Gasteiger partial charge on any atom is -0.381 e. The van der Waals surface area contributed by atoms with Gasteiger partial charge in [-0.3, -0.25) is 9.59 Å². The molecule has 2 amide bonds. The van der Waals surface area contributed by atoms with E-state index in [0.29, 0.717) is 12.8 Å². The number of carbonyl (C=O) groups is 2. The molecule has 0 unspecified atom stereocenters. The molecule has 1 aliphatic carbocycles. The van der Waals surface area contributed by atoms with Crippen LogP contribution in [0.25, 0.3) is 0 Å². The summed E-state index contributed by atoms with van der Waals surface area (Å²) >= 11 is 0. The number of amides is 2. The zero-order chi connectivity index (χ0) is 14.4. The number of carbonyl (C=O) groups excluding carboxylic acids is 2. The van der Waals surface area contributed by atoms with Crippen LogP contribution in [0.3, 0.4) is 0 Å². The first-order chi connectivity index (χ1) is 9.56. The van der Waals surface area contributed by atoms with Crippen molar-refractivity contribution < 1.29 is 14.3 Å². The molecule has 0 bridgehead atoms. The van der Waals surface area contributed by atoms with Crippen LogP contribution >= 0.6 is 0 Å². The van der Waals surface area contributed by atoms with Crippen LogP contribution in [0.15, 0.2) is 0 Å². The van der Waals surface area contributed by atoms with Gasteiger partial charge in [0.25, 0.3) is 0 Å². The third kappa shape index (κ3) is 1.86. The second kappa shape index (κ2) is 4.72. The zero-order valence-corrected chi connectivity index (χ0v) is 12.4. The predicted molar refractivity (Wildman–Crippen MR) is 74.0 cm³/mol. The molecule has 20 heavy (non-hydrogen) atoms. The van der Waals surface area contributed by atoms with Crippen LogP contribution in [0.1, 0.15) is 39.0 Å². The molecule has 0 aromatic rings. The van der Waals surface area contributed by atoms with Crippen molar-refractivity contribution in [2.24, 2.45) is 10.8 Å². The fourth-order valence-corrected chi connectivity index (χ4v) is 3.98. The van der Waals surface area contributed by atoms with Crippen molar-refractivity contribution in [2.75, 3.05) is 26.8 Å². The van der Waals surface area contributed by atoms with Gasteiger partial charge in [-0.25, -0.2) is 0 Å². The standard InChI is InChI=1S/C15H24N2O3/c1-11-14(6-9-20-10-7-14)5-8-17(11)13(19)15(3-4-15)12(18)16-2/h11H,3-10H2,1-2H3,(H,16,18)/t11-/m1/s1. The van der Waals surface area contributed by atoms with Crippen molar-refractivity contribution in [1.29, 1.82) is 0 Å². The zero-order valence-electron chi connectivity index (χ0n) is 12.4. The Labute approximate surface area is 120 Å². The molecule has 2 heterocycles. The number of likely N-dealkylation sites (tertiary alicyclic amines) is 1. The van der Waals surface area contributed by atoms with Gasteiger partial charge in [0.15, 0.2) is 0 Å². The molecule has 3 rings (SSSR count). The maximum Gasteiger partial charge on any atom is 0.238 e. The van der Waals surface area contributed by atoms with Gasteiger partial charge in [-0.05, 0) is 44.4 Å². The molecule has 1 N–H and O–H groups in total. The highest BCUT2D eigenvalue weighted by Gasteiger charge is 2.60. The van der Waals surface area contributed by atoms with E-state index < -0.39 is 5.41 Å². The summed E-state index contributed by atoms with van der Waals surface area (Å²) in [6.45, 7) is 4.54. The molecule has 3 aliphatic rings. The summed E-state index contributed by atoms with van der Waals surface area (Å²) in [5.41, 5.74) is -0.535. The summed E-state index contributed by atoms with van der Waals surface area (Å²) in [7, 11) is 1.61.